The molecule has 0 amide bonds. The van der Waals surface area contributed by atoms with E-state index < -0.39 is 12.0 Å². The zero-order valence-corrected chi connectivity index (χ0v) is 16.2. The molecule has 0 N–H and O–H groups in total. The molecule has 1 atom stereocenters. The van der Waals surface area contributed by atoms with Crippen LogP contribution >= 0.6 is 0 Å². The molecule has 1 aliphatic carbocycles. The van der Waals surface area contributed by atoms with Crippen molar-refractivity contribution in [3.05, 3.63) is 17.6 Å². The lowest BCUT2D eigenvalue weighted by Gasteiger charge is -2.38. The minimum absolute atomic E-state index is 0.0103. The fourth-order valence-electron chi connectivity index (χ4n) is 4.28. The second-order valence-electron chi connectivity index (χ2n) is 8.10. The molecule has 1 saturated heterocycles. The maximum atomic E-state index is 13.2. The van der Waals surface area contributed by atoms with E-state index in [0.717, 1.165) is 45.1 Å². The number of halogens is 3. The molecule has 1 saturated carbocycles. The maximum Gasteiger partial charge on any atom is 0.453 e. The molecule has 2 fully saturated rings. The largest absolute Gasteiger partial charge is 0.453 e. The van der Waals surface area contributed by atoms with E-state index >= 15 is 0 Å². The molecule has 9 heteroatoms. The highest BCUT2D eigenvalue weighted by atomic mass is 19.4. The predicted octanol–water partition coefficient (Wildman–Crippen LogP) is 4.02. The van der Waals surface area contributed by atoms with Crippen LogP contribution in [0.5, 0.6) is 0 Å². The fourth-order valence-corrected chi connectivity index (χ4v) is 4.28. The van der Waals surface area contributed by atoms with Crippen molar-refractivity contribution < 1.29 is 17.9 Å². The number of rotatable bonds is 4. The molecule has 0 aromatic carbocycles. The van der Waals surface area contributed by atoms with Crippen LogP contribution in [-0.2, 0) is 10.9 Å². The van der Waals surface area contributed by atoms with Crippen molar-refractivity contribution in [2.24, 2.45) is 5.92 Å². The second-order valence-corrected chi connectivity index (χ2v) is 8.10. The highest BCUT2D eigenvalue weighted by molar-refractivity contribution is 5.49. The Morgan fingerprint density at radius 2 is 1.93 bits per heavy atom. The van der Waals surface area contributed by atoms with Gasteiger partial charge in [-0.1, -0.05) is 6.92 Å². The smallest absolute Gasteiger partial charge is 0.376 e. The van der Waals surface area contributed by atoms with Gasteiger partial charge in [0.05, 0.1) is 6.10 Å². The summed E-state index contributed by atoms with van der Waals surface area (Å²) < 4.78 is 46.6. The van der Waals surface area contributed by atoms with E-state index in [4.69, 9.17) is 4.74 Å². The van der Waals surface area contributed by atoms with Gasteiger partial charge in [-0.15, -0.1) is 5.10 Å². The van der Waals surface area contributed by atoms with Crippen molar-refractivity contribution >= 4 is 11.6 Å². The summed E-state index contributed by atoms with van der Waals surface area (Å²) in [5, 5.41) is 3.77. The molecule has 4 rings (SSSR count). The normalized spacial score (nSPS) is 26.1. The zero-order chi connectivity index (χ0) is 19.9. The number of fused-ring (bicyclic) bond motifs is 1. The van der Waals surface area contributed by atoms with Crippen LogP contribution in [0.25, 0.3) is 5.78 Å². The van der Waals surface area contributed by atoms with Crippen molar-refractivity contribution in [3.63, 3.8) is 0 Å². The number of ether oxygens (including phenoxy) is 1. The first kappa shape index (κ1) is 19.4. The van der Waals surface area contributed by atoms with E-state index in [0.29, 0.717) is 24.0 Å². The van der Waals surface area contributed by atoms with Crippen LogP contribution in [0.3, 0.4) is 0 Å². The van der Waals surface area contributed by atoms with E-state index in [9.17, 15) is 13.2 Å². The number of nitrogens with zero attached hydrogens (tertiary/aromatic N) is 5. The Hall–Kier alpha value is -1.90. The highest BCUT2D eigenvalue weighted by Gasteiger charge is 2.37. The van der Waals surface area contributed by atoms with Gasteiger partial charge in [0, 0.05) is 31.0 Å². The van der Waals surface area contributed by atoms with Crippen LogP contribution in [0.2, 0.25) is 0 Å². The Labute approximate surface area is 162 Å². The lowest BCUT2D eigenvalue weighted by atomic mass is 9.86. The molecule has 154 valence electrons. The van der Waals surface area contributed by atoms with Gasteiger partial charge >= 0.3 is 6.18 Å². The maximum absolute atomic E-state index is 13.2. The number of hydrogen-bond donors (Lipinski definition) is 0. The standard InChI is InChI=1S/C19H26F3N5O/c1-12-5-7-14(8-6-12)26(11-15-4-3-9-28-15)16-10-13(2)23-18-24-17(19(20,21)22)25-27(16)18/h10,12,14-15H,3-9,11H2,1-2H3/t12?,14?,15-/m1/s1. The molecule has 0 unspecified atom stereocenters. The third kappa shape index (κ3) is 3.94. The van der Waals surface area contributed by atoms with Gasteiger partial charge in [0.15, 0.2) is 0 Å². The summed E-state index contributed by atoms with van der Waals surface area (Å²) in [6.07, 6.45) is 1.74. The van der Waals surface area contributed by atoms with Gasteiger partial charge in [-0.05, 0) is 51.4 Å². The van der Waals surface area contributed by atoms with Crippen LogP contribution < -0.4 is 4.90 Å². The summed E-state index contributed by atoms with van der Waals surface area (Å²) in [5.41, 5.74) is 0.630. The molecule has 6 nitrogen and oxygen atoms in total. The number of aryl methyl sites for hydroxylation is 1. The van der Waals surface area contributed by atoms with Crippen LogP contribution in [0.4, 0.5) is 19.0 Å². The van der Waals surface area contributed by atoms with Crippen molar-refractivity contribution in [1.29, 1.82) is 0 Å². The number of anilines is 1. The molecule has 3 heterocycles. The van der Waals surface area contributed by atoms with Crippen molar-refractivity contribution in [2.45, 2.75) is 70.7 Å². The van der Waals surface area contributed by atoms with Gasteiger partial charge in [-0.3, -0.25) is 0 Å². The van der Waals surface area contributed by atoms with E-state index in [-0.39, 0.29) is 17.9 Å². The van der Waals surface area contributed by atoms with E-state index in [1.54, 1.807) is 6.92 Å². The van der Waals surface area contributed by atoms with Gasteiger partial charge in [-0.25, -0.2) is 4.98 Å². The van der Waals surface area contributed by atoms with Crippen LogP contribution in [0.15, 0.2) is 6.07 Å². The summed E-state index contributed by atoms with van der Waals surface area (Å²) in [7, 11) is 0. The molecular weight excluding hydrogens is 371 g/mol. The average molecular weight is 397 g/mol. The monoisotopic (exact) mass is 397 g/mol. The van der Waals surface area contributed by atoms with Crippen molar-refractivity contribution in [2.75, 3.05) is 18.1 Å². The molecular formula is C19H26F3N5O. The Morgan fingerprint density at radius 3 is 2.57 bits per heavy atom. The summed E-state index contributed by atoms with van der Waals surface area (Å²) in [5.74, 6) is 0.147. The average Bonchev–Trinajstić information content (AvgIpc) is 3.29. The van der Waals surface area contributed by atoms with Gasteiger partial charge in [0.2, 0.25) is 0 Å². The summed E-state index contributed by atoms with van der Waals surface area (Å²) >= 11 is 0. The third-order valence-electron chi connectivity index (χ3n) is 5.82. The Bertz CT molecular complexity index is 823. The molecule has 2 aromatic rings. The van der Waals surface area contributed by atoms with Crippen LogP contribution in [-0.4, -0.2) is 44.9 Å². The third-order valence-corrected chi connectivity index (χ3v) is 5.82. The Balaban J connectivity index is 1.75. The minimum Gasteiger partial charge on any atom is -0.376 e. The first-order valence-corrected chi connectivity index (χ1v) is 10.0. The van der Waals surface area contributed by atoms with Gasteiger partial charge in [0.1, 0.15) is 5.82 Å². The number of hydrogen-bond acceptors (Lipinski definition) is 5. The highest BCUT2D eigenvalue weighted by Crippen LogP contribution is 2.33. The Kier molecular flexibility index (Phi) is 5.20. The summed E-state index contributed by atoms with van der Waals surface area (Å²) in [6.45, 7) is 5.42. The lowest BCUT2D eigenvalue weighted by Crippen LogP contribution is -2.43. The van der Waals surface area contributed by atoms with E-state index in [1.165, 1.54) is 4.52 Å². The van der Waals surface area contributed by atoms with E-state index in [2.05, 4.69) is 26.9 Å². The van der Waals surface area contributed by atoms with Gasteiger partial charge < -0.3 is 9.64 Å². The van der Waals surface area contributed by atoms with E-state index in [1.807, 2.05) is 6.07 Å². The topological polar surface area (TPSA) is 55.6 Å². The summed E-state index contributed by atoms with van der Waals surface area (Å²) in [6, 6.07) is 2.07. The molecule has 0 bridgehead atoms. The lowest BCUT2D eigenvalue weighted by molar-refractivity contribution is -0.144. The van der Waals surface area contributed by atoms with Gasteiger partial charge in [0.25, 0.3) is 11.6 Å². The molecule has 0 radical (unpaired) electrons. The first-order valence-electron chi connectivity index (χ1n) is 10.0. The molecule has 1 aliphatic heterocycles. The number of alkyl halides is 3. The predicted molar refractivity (Wildman–Crippen MR) is 98.3 cm³/mol. The van der Waals surface area contributed by atoms with Crippen LogP contribution in [0.1, 0.15) is 57.0 Å². The van der Waals surface area contributed by atoms with Crippen LogP contribution in [0, 0.1) is 12.8 Å². The molecule has 28 heavy (non-hydrogen) atoms. The number of aromatic nitrogens is 4. The molecule has 2 aromatic heterocycles. The van der Waals surface area contributed by atoms with Crippen molar-refractivity contribution in [3.8, 4) is 0 Å². The quantitative estimate of drug-likeness (QED) is 0.780. The van der Waals surface area contributed by atoms with Crippen molar-refractivity contribution in [1.82, 2.24) is 19.6 Å². The second kappa shape index (κ2) is 7.50. The zero-order valence-electron chi connectivity index (χ0n) is 16.2. The molecule has 0 spiro atoms. The fraction of sp³-hybridized carbons (Fsp3) is 0.737. The Morgan fingerprint density at radius 1 is 1.18 bits per heavy atom. The first-order chi connectivity index (χ1) is 13.3. The molecule has 2 aliphatic rings. The van der Waals surface area contributed by atoms with Gasteiger partial charge in [-0.2, -0.15) is 22.7 Å². The minimum atomic E-state index is -4.60. The summed E-state index contributed by atoms with van der Waals surface area (Å²) in [4.78, 5) is 10.0. The SMILES string of the molecule is Cc1cc(N(C[C@H]2CCCO2)C2CCC(C)CC2)n2nc(C(F)(F)F)nc2n1.